The first-order valence-electron chi connectivity index (χ1n) is 6.09. The van der Waals surface area contributed by atoms with Gasteiger partial charge in [-0.1, -0.05) is 32.0 Å². The van der Waals surface area contributed by atoms with Crippen molar-refractivity contribution < 1.29 is 0 Å². The Morgan fingerprint density at radius 2 is 1.81 bits per heavy atom. The summed E-state index contributed by atoms with van der Waals surface area (Å²) in [5.74, 6) is 1.93. The molecule has 90 valence electrons. The van der Waals surface area contributed by atoms with Crippen LogP contribution in [0.2, 0.25) is 0 Å². The topological polar surface area (TPSA) is 12.0 Å². The predicted octanol–water partition coefficient (Wildman–Crippen LogP) is 3.80. The normalized spacial score (nSPS) is 13.0. The Bertz CT molecular complexity index is 271. The highest BCUT2D eigenvalue weighted by atomic mass is 32.2. The van der Waals surface area contributed by atoms with Crippen LogP contribution in [0.5, 0.6) is 0 Å². The van der Waals surface area contributed by atoms with Gasteiger partial charge in [0.05, 0.1) is 0 Å². The lowest BCUT2D eigenvalue weighted by Crippen LogP contribution is -2.29. The molecule has 0 aliphatic rings. The van der Waals surface area contributed by atoms with E-state index in [9.17, 15) is 0 Å². The molecule has 0 amide bonds. The maximum absolute atomic E-state index is 3.56. The molecule has 2 heteroatoms. The lowest BCUT2D eigenvalue weighted by molar-refractivity contribution is 0.452. The van der Waals surface area contributed by atoms with E-state index in [4.69, 9.17) is 0 Å². The molecule has 0 radical (unpaired) electrons. The second-order valence-electron chi connectivity index (χ2n) is 4.65. The molecule has 0 saturated carbocycles. The zero-order valence-corrected chi connectivity index (χ0v) is 11.4. The molecule has 1 atom stereocenters. The van der Waals surface area contributed by atoms with E-state index in [0.717, 1.165) is 18.2 Å². The number of nitrogens with one attached hydrogen (secondary N) is 1. The van der Waals surface area contributed by atoms with Gasteiger partial charge in [0.1, 0.15) is 0 Å². The van der Waals surface area contributed by atoms with Gasteiger partial charge in [0.25, 0.3) is 0 Å². The molecule has 0 spiro atoms. The molecule has 16 heavy (non-hydrogen) atoms. The first kappa shape index (κ1) is 13.6. The molecule has 0 aliphatic carbocycles. The third kappa shape index (κ3) is 6.19. The average molecular weight is 237 g/mol. The summed E-state index contributed by atoms with van der Waals surface area (Å²) in [6, 6.07) is 11.2. The Morgan fingerprint density at radius 1 is 1.12 bits per heavy atom. The SMILES string of the molecule is CC(C)CC(C)NCCSc1ccccc1. The summed E-state index contributed by atoms with van der Waals surface area (Å²) >= 11 is 1.92. The van der Waals surface area contributed by atoms with Crippen LogP contribution >= 0.6 is 11.8 Å². The first-order valence-corrected chi connectivity index (χ1v) is 7.08. The first-order chi connectivity index (χ1) is 7.68. The fraction of sp³-hybridized carbons (Fsp3) is 0.571. The van der Waals surface area contributed by atoms with Crippen molar-refractivity contribution in [3.63, 3.8) is 0 Å². The Hall–Kier alpha value is -0.470. The van der Waals surface area contributed by atoms with Crippen molar-refractivity contribution in [2.75, 3.05) is 12.3 Å². The summed E-state index contributed by atoms with van der Waals surface area (Å²) in [5, 5.41) is 3.56. The standard InChI is InChI=1S/C14H23NS/c1-12(2)11-13(3)15-9-10-16-14-7-5-4-6-8-14/h4-8,12-13,15H,9-11H2,1-3H3. The van der Waals surface area contributed by atoms with Crippen molar-refractivity contribution in [1.82, 2.24) is 5.32 Å². The van der Waals surface area contributed by atoms with Crippen molar-refractivity contribution in [2.45, 2.75) is 38.1 Å². The molecular formula is C14H23NS. The van der Waals surface area contributed by atoms with Crippen LogP contribution in [0.3, 0.4) is 0 Å². The summed E-state index contributed by atoms with van der Waals surface area (Å²) < 4.78 is 0. The van der Waals surface area contributed by atoms with Gasteiger partial charge in [0, 0.05) is 23.2 Å². The minimum Gasteiger partial charge on any atom is -0.313 e. The van der Waals surface area contributed by atoms with E-state index >= 15 is 0 Å². The van der Waals surface area contributed by atoms with Gasteiger partial charge in [0.15, 0.2) is 0 Å². The van der Waals surface area contributed by atoms with Crippen LogP contribution in [-0.2, 0) is 0 Å². The monoisotopic (exact) mass is 237 g/mol. The van der Waals surface area contributed by atoms with E-state index in [2.05, 4.69) is 56.4 Å². The molecule has 1 unspecified atom stereocenters. The molecule has 0 aliphatic heterocycles. The average Bonchev–Trinajstić information content (AvgIpc) is 2.25. The zero-order valence-electron chi connectivity index (χ0n) is 10.6. The van der Waals surface area contributed by atoms with Crippen LogP contribution in [0.1, 0.15) is 27.2 Å². The lowest BCUT2D eigenvalue weighted by atomic mass is 10.1. The molecule has 1 aromatic carbocycles. The Labute approximate surface area is 104 Å². The van der Waals surface area contributed by atoms with Crippen LogP contribution in [-0.4, -0.2) is 18.3 Å². The number of rotatable bonds is 7. The van der Waals surface area contributed by atoms with Crippen LogP contribution in [0.25, 0.3) is 0 Å². The summed E-state index contributed by atoms with van der Waals surface area (Å²) in [4.78, 5) is 1.36. The van der Waals surface area contributed by atoms with Crippen LogP contribution in [0, 0.1) is 5.92 Å². The van der Waals surface area contributed by atoms with Crippen molar-refractivity contribution in [3.8, 4) is 0 Å². The van der Waals surface area contributed by atoms with Crippen LogP contribution in [0.4, 0.5) is 0 Å². The second kappa shape index (κ2) is 7.75. The van der Waals surface area contributed by atoms with E-state index in [1.165, 1.54) is 11.3 Å². The summed E-state index contributed by atoms with van der Waals surface area (Å²) in [7, 11) is 0. The minimum atomic E-state index is 0.636. The minimum absolute atomic E-state index is 0.636. The maximum Gasteiger partial charge on any atom is 0.0106 e. The van der Waals surface area contributed by atoms with Gasteiger partial charge in [0.2, 0.25) is 0 Å². The number of benzene rings is 1. The molecule has 1 nitrogen and oxygen atoms in total. The van der Waals surface area contributed by atoms with Gasteiger partial charge in [-0.25, -0.2) is 0 Å². The Balaban J connectivity index is 2.08. The van der Waals surface area contributed by atoms with E-state index < -0.39 is 0 Å². The van der Waals surface area contributed by atoms with E-state index in [1.807, 2.05) is 11.8 Å². The molecule has 0 bridgehead atoms. The molecule has 0 heterocycles. The van der Waals surface area contributed by atoms with E-state index in [1.54, 1.807) is 0 Å². The fourth-order valence-corrected chi connectivity index (χ4v) is 2.59. The molecule has 0 saturated heterocycles. The second-order valence-corrected chi connectivity index (χ2v) is 5.81. The van der Waals surface area contributed by atoms with Crippen molar-refractivity contribution in [1.29, 1.82) is 0 Å². The zero-order chi connectivity index (χ0) is 11.8. The quantitative estimate of drug-likeness (QED) is 0.572. The highest BCUT2D eigenvalue weighted by Crippen LogP contribution is 2.15. The smallest absolute Gasteiger partial charge is 0.0106 e. The predicted molar refractivity (Wildman–Crippen MR) is 74.1 cm³/mol. The van der Waals surface area contributed by atoms with E-state index in [0.29, 0.717) is 6.04 Å². The summed E-state index contributed by atoms with van der Waals surface area (Å²) in [5.41, 5.74) is 0. The van der Waals surface area contributed by atoms with Gasteiger partial charge in [-0.2, -0.15) is 0 Å². The van der Waals surface area contributed by atoms with Gasteiger partial charge in [-0.15, -0.1) is 11.8 Å². The largest absolute Gasteiger partial charge is 0.313 e. The van der Waals surface area contributed by atoms with Gasteiger partial charge in [-0.05, 0) is 31.4 Å². The fourth-order valence-electron chi connectivity index (χ4n) is 1.78. The van der Waals surface area contributed by atoms with E-state index in [-0.39, 0.29) is 0 Å². The highest BCUT2D eigenvalue weighted by molar-refractivity contribution is 7.99. The van der Waals surface area contributed by atoms with Gasteiger partial charge in [-0.3, -0.25) is 0 Å². The molecule has 0 fully saturated rings. The van der Waals surface area contributed by atoms with Crippen LogP contribution in [0.15, 0.2) is 35.2 Å². The van der Waals surface area contributed by atoms with Crippen molar-refractivity contribution in [2.24, 2.45) is 5.92 Å². The molecule has 1 rings (SSSR count). The third-order valence-electron chi connectivity index (χ3n) is 2.43. The van der Waals surface area contributed by atoms with Crippen molar-refractivity contribution >= 4 is 11.8 Å². The Morgan fingerprint density at radius 3 is 2.44 bits per heavy atom. The van der Waals surface area contributed by atoms with Crippen LogP contribution < -0.4 is 5.32 Å². The lowest BCUT2D eigenvalue weighted by Gasteiger charge is -2.15. The molecule has 0 aromatic heterocycles. The third-order valence-corrected chi connectivity index (χ3v) is 3.45. The maximum atomic E-state index is 3.56. The highest BCUT2D eigenvalue weighted by Gasteiger charge is 2.03. The Kier molecular flexibility index (Phi) is 6.58. The van der Waals surface area contributed by atoms with Gasteiger partial charge < -0.3 is 5.32 Å². The summed E-state index contributed by atoms with van der Waals surface area (Å²) in [6.45, 7) is 7.91. The molecule has 1 N–H and O–H groups in total. The number of hydrogen-bond acceptors (Lipinski definition) is 2. The number of thioether (sulfide) groups is 1. The van der Waals surface area contributed by atoms with Gasteiger partial charge >= 0.3 is 0 Å². The summed E-state index contributed by atoms with van der Waals surface area (Å²) in [6.07, 6.45) is 1.26. The molecule has 1 aromatic rings. The molecular weight excluding hydrogens is 214 g/mol. The number of hydrogen-bond donors (Lipinski definition) is 1. The van der Waals surface area contributed by atoms with Crippen molar-refractivity contribution in [3.05, 3.63) is 30.3 Å².